The Bertz CT molecular complexity index is 934. The van der Waals surface area contributed by atoms with Gasteiger partial charge in [-0.2, -0.15) is 0 Å². The lowest BCUT2D eigenvalue weighted by molar-refractivity contribution is -0.142. The molecular weight excluding hydrogens is 508 g/mol. The first kappa shape index (κ1) is 33.3. The summed E-state index contributed by atoms with van der Waals surface area (Å²) in [5, 5.41) is 17.4. The SMILES string of the molecule is CC(C)CC(NC(=O)C(CCCCN)NC(=O)C(Cc1cnc[nH]1)NC(=O)C(N)CCCN=C(N)N)C(=O)O. The molecule has 0 saturated carbocycles. The number of aromatic nitrogens is 2. The monoisotopic (exact) mass is 552 g/mol. The Labute approximate surface area is 228 Å². The van der Waals surface area contributed by atoms with E-state index in [0.29, 0.717) is 38.0 Å². The lowest BCUT2D eigenvalue weighted by Gasteiger charge is -2.25. The summed E-state index contributed by atoms with van der Waals surface area (Å²) < 4.78 is 0. The first-order valence-electron chi connectivity index (χ1n) is 13.1. The molecule has 0 aliphatic rings. The van der Waals surface area contributed by atoms with E-state index in [9.17, 15) is 24.3 Å². The molecule has 0 aromatic carbocycles. The Morgan fingerprint density at radius 3 is 2.18 bits per heavy atom. The van der Waals surface area contributed by atoms with Crippen molar-refractivity contribution < 1.29 is 24.3 Å². The fraction of sp³-hybridized carbons (Fsp3) is 0.667. The highest BCUT2D eigenvalue weighted by molar-refractivity contribution is 5.94. The summed E-state index contributed by atoms with van der Waals surface area (Å²) in [6.07, 6.45) is 5.32. The van der Waals surface area contributed by atoms with Crippen LogP contribution in [0.15, 0.2) is 17.5 Å². The van der Waals surface area contributed by atoms with Gasteiger partial charge in [0.15, 0.2) is 5.96 Å². The van der Waals surface area contributed by atoms with Crippen molar-refractivity contribution in [1.29, 1.82) is 0 Å². The van der Waals surface area contributed by atoms with Gasteiger partial charge in [-0.3, -0.25) is 19.4 Å². The van der Waals surface area contributed by atoms with E-state index < -0.39 is 47.9 Å². The number of hydrogen-bond acceptors (Lipinski definition) is 8. The number of aliphatic carboxylic acids is 1. The minimum absolute atomic E-state index is 0.0226. The van der Waals surface area contributed by atoms with Gasteiger partial charge in [0, 0.05) is 24.9 Å². The number of carbonyl (C=O) groups is 4. The Balaban J connectivity index is 3.00. The predicted octanol–water partition coefficient (Wildman–Crippen LogP) is -1.95. The summed E-state index contributed by atoms with van der Waals surface area (Å²) in [4.78, 5) is 61.5. The number of carbonyl (C=O) groups excluding carboxylic acids is 3. The number of carboxylic acids is 1. The van der Waals surface area contributed by atoms with Gasteiger partial charge in [0.2, 0.25) is 17.7 Å². The van der Waals surface area contributed by atoms with Crippen LogP contribution in [0.2, 0.25) is 0 Å². The van der Waals surface area contributed by atoms with Gasteiger partial charge >= 0.3 is 5.97 Å². The molecule has 220 valence electrons. The molecule has 0 radical (unpaired) electrons. The van der Waals surface area contributed by atoms with Gasteiger partial charge in [-0.05, 0) is 51.0 Å². The smallest absolute Gasteiger partial charge is 0.326 e. The van der Waals surface area contributed by atoms with Crippen molar-refractivity contribution in [3.8, 4) is 0 Å². The zero-order valence-electron chi connectivity index (χ0n) is 22.7. The van der Waals surface area contributed by atoms with E-state index >= 15 is 0 Å². The lowest BCUT2D eigenvalue weighted by atomic mass is 10.0. The first-order valence-corrected chi connectivity index (χ1v) is 13.1. The predicted molar refractivity (Wildman–Crippen MR) is 146 cm³/mol. The van der Waals surface area contributed by atoms with Crippen molar-refractivity contribution in [3.05, 3.63) is 18.2 Å². The molecule has 4 atom stereocenters. The number of guanidine groups is 1. The van der Waals surface area contributed by atoms with Gasteiger partial charge < -0.3 is 49.0 Å². The first-order chi connectivity index (χ1) is 18.4. The second-order valence-electron chi connectivity index (χ2n) is 9.77. The highest BCUT2D eigenvalue weighted by Gasteiger charge is 2.30. The normalized spacial score (nSPS) is 14.1. The van der Waals surface area contributed by atoms with Crippen LogP contribution in [-0.4, -0.2) is 82.0 Å². The van der Waals surface area contributed by atoms with Crippen LogP contribution in [0.3, 0.4) is 0 Å². The number of aliphatic imine (C=N–C) groups is 1. The van der Waals surface area contributed by atoms with Gasteiger partial charge in [-0.1, -0.05) is 13.8 Å². The fourth-order valence-corrected chi connectivity index (χ4v) is 3.75. The molecule has 1 aromatic heterocycles. The topological polar surface area (TPSA) is 270 Å². The molecular formula is C24H44N10O5. The Morgan fingerprint density at radius 1 is 0.974 bits per heavy atom. The number of hydrogen-bond donors (Lipinski definition) is 9. The quantitative estimate of drug-likeness (QED) is 0.0519. The minimum atomic E-state index is -1.16. The molecule has 0 bridgehead atoms. The maximum Gasteiger partial charge on any atom is 0.326 e. The van der Waals surface area contributed by atoms with E-state index in [4.69, 9.17) is 22.9 Å². The standard InChI is InChI=1S/C24H44N10O5/c1-14(2)10-19(23(38)39)34-21(36)17(7-3-4-8-25)32-22(37)18(11-15-12-29-13-31-15)33-20(35)16(26)6-5-9-30-24(27)28/h12-14,16-19H,3-11,25-26H2,1-2H3,(H,29,31)(H,32,37)(H,33,35)(H,34,36)(H,38,39)(H4,27,28,30). The van der Waals surface area contributed by atoms with E-state index in [-0.39, 0.29) is 37.6 Å². The molecule has 1 heterocycles. The molecule has 15 heteroatoms. The molecule has 0 aliphatic carbocycles. The van der Waals surface area contributed by atoms with Crippen LogP contribution in [0.25, 0.3) is 0 Å². The third-order valence-electron chi connectivity index (χ3n) is 5.82. The third kappa shape index (κ3) is 13.6. The number of imidazole rings is 1. The molecule has 1 aromatic rings. The third-order valence-corrected chi connectivity index (χ3v) is 5.82. The van der Waals surface area contributed by atoms with Gasteiger partial charge in [-0.25, -0.2) is 9.78 Å². The number of H-pyrrole nitrogens is 1. The number of unbranched alkanes of at least 4 members (excludes halogenated alkanes) is 1. The minimum Gasteiger partial charge on any atom is -0.480 e. The fourth-order valence-electron chi connectivity index (χ4n) is 3.75. The number of amides is 3. The van der Waals surface area contributed by atoms with Gasteiger partial charge in [0.05, 0.1) is 12.4 Å². The van der Waals surface area contributed by atoms with Crippen LogP contribution in [0, 0.1) is 5.92 Å². The number of nitrogens with one attached hydrogen (secondary N) is 4. The maximum atomic E-state index is 13.3. The van der Waals surface area contributed by atoms with E-state index in [1.54, 1.807) is 0 Å². The number of aromatic amines is 1. The van der Waals surface area contributed by atoms with Crippen LogP contribution in [0.5, 0.6) is 0 Å². The highest BCUT2D eigenvalue weighted by Crippen LogP contribution is 2.09. The number of rotatable bonds is 19. The van der Waals surface area contributed by atoms with Crippen LogP contribution in [-0.2, 0) is 25.6 Å². The van der Waals surface area contributed by atoms with Crippen molar-refractivity contribution in [2.24, 2.45) is 33.8 Å². The number of nitrogens with two attached hydrogens (primary N) is 4. The Morgan fingerprint density at radius 2 is 1.62 bits per heavy atom. The summed E-state index contributed by atoms with van der Waals surface area (Å²) in [6, 6.07) is -4.15. The van der Waals surface area contributed by atoms with Crippen molar-refractivity contribution in [2.75, 3.05) is 13.1 Å². The van der Waals surface area contributed by atoms with E-state index in [1.807, 2.05) is 13.8 Å². The molecule has 0 aliphatic heterocycles. The summed E-state index contributed by atoms with van der Waals surface area (Å²) in [7, 11) is 0. The molecule has 1 rings (SSSR count). The molecule has 3 amide bonds. The summed E-state index contributed by atoms with van der Waals surface area (Å²) >= 11 is 0. The largest absolute Gasteiger partial charge is 0.480 e. The van der Waals surface area contributed by atoms with Crippen LogP contribution < -0.4 is 38.9 Å². The molecule has 4 unspecified atom stereocenters. The Hall–Kier alpha value is -3.72. The Kier molecular flexibility index (Phi) is 15.1. The lowest BCUT2D eigenvalue weighted by Crippen LogP contribution is -2.57. The highest BCUT2D eigenvalue weighted by atomic mass is 16.4. The van der Waals surface area contributed by atoms with Gasteiger partial charge in [-0.15, -0.1) is 0 Å². The van der Waals surface area contributed by atoms with Crippen molar-refractivity contribution in [3.63, 3.8) is 0 Å². The maximum absolute atomic E-state index is 13.3. The van der Waals surface area contributed by atoms with Crippen molar-refractivity contribution >= 4 is 29.7 Å². The van der Waals surface area contributed by atoms with Crippen molar-refractivity contribution in [2.45, 2.75) is 83.0 Å². The van der Waals surface area contributed by atoms with Crippen LogP contribution in [0.4, 0.5) is 0 Å². The van der Waals surface area contributed by atoms with Crippen LogP contribution in [0.1, 0.15) is 58.1 Å². The number of nitrogens with zero attached hydrogens (tertiary/aromatic N) is 2. The zero-order chi connectivity index (χ0) is 29.4. The van der Waals surface area contributed by atoms with Crippen LogP contribution >= 0.6 is 0 Å². The second-order valence-corrected chi connectivity index (χ2v) is 9.77. The average Bonchev–Trinajstić information content (AvgIpc) is 3.37. The summed E-state index contributed by atoms with van der Waals surface area (Å²) in [5.74, 6) is -3.03. The molecule has 39 heavy (non-hydrogen) atoms. The van der Waals surface area contributed by atoms with Gasteiger partial charge in [0.25, 0.3) is 0 Å². The van der Waals surface area contributed by atoms with E-state index in [1.165, 1.54) is 12.5 Å². The molecule has 13 N–H and O–H groups in total. The van der Waals surface area contributed by atoms with Crippen molar-refractivity contribution in [1.82, 2.24) is 25.9 Å². The molecule has 0 fully saturated rings. The summed E-state index contributed by atoms with van der Waals surface area (Å²) in [6.45, 7) is 4.38. The molecule has 15 nitrogen and oxygen atoms in total. The second kappa shape index (κ2) is 17.7. The average molecular weight is 553 g/mol. The zero-order valence-corrected chi connectivity index (χ0v) is 22.7. The van der Waals surface area contributed by atoms with E-state index in [0.717, 1.165) is 0 Å². The van der Waals surface area contributed by atoms with E-state index in [2.05, 4.69) is 30.9 Å². The summed E-state index contributed by atoms with van der Waals surface area (Å²) in [5.41, 5.74) is 22.7. The number of carboxylic acid groups (broad SMARTS) is 1. The molecule has 0 spiro atoms. The van der Waals surface area contributed by atoms with Gasteiger partial charge in [0.1, 0.15) is 18.1 Å². The molecule has 0 saturated heterocycles.